The number of hydrogen-bond acceptors (Lipinski definition) is 3. The van der Waals surface area contributed by atoms with Crippen molar-refractivity contribution in [1.29, 1.82) is 0 Å². The van der Waals surface area contributed by atoms with Crippen LogP contribution in [0, 0.1) is 11.8 Å². The van der Waals surface area contributed by atoms with Crippen LogP contribution < -0.4 is 5.32 Å². The summed E-state index contributed by atoms with van der Waals surface area (Å²) in [5, 5.41) is 4.05. The van der Waals surface area contributed by atoms with Gasteiger partial charge < -0.3 is 15.2 Å². The van der Waals surface area contributed by atoms with Gasteiger partial charge in [0, 0.05) is 48.8 Å². The van der Waals surface area contributed by atoms with Crippen molar-refractivity contribution in [2.45, 2.75) is 26.3 Å². The number of H-pyrrole nitrogens is 1. The van der Waals surface area contributed by atoms with E-state index in [4.69, 9.17) is 0 Å². The lowest BCUT2D eigenvalue weighted by Gasteiger charge is -2.34. The molecule has 1 atom stereocenters. The molecule has 0 bridgehead atoms. The highest BCUT2D eigenvalue weighted by Gasteiger charge is 2.30. The maximum atomic E-state index is 12.8. The van der Waals surface area contributed by atoms with Crippen LogP contribution in [-0.4, -0.2) is 39.8 Å². The fourth-order valence-corrected chi connectivity index (χ4v) is 4.03. The number of carbonyl (C=O) groups excluding carboxylic acids is 2. The Morgan fingerprint density at radius 3 is 2.72 bits per heavy atom. The summed E-state index contributed by atoms with van der Waals surface area (Å²) < 4.78 is 0. The first kappa shape index (κ1) is 19.2. The molecule has 6 heteroatoms. The van der Waals surface area contributed by atoms with Crippen LogP contribution in [0.1, 0.15) is 35.8 Å². The zero-order valence-corrected chi connectivity index (χ0v) is 16.6. The van der Waals surface area contributed by atoms with Crippen molar-refractivity contribution in [3.05, 3.63) is 66.1 Å². The lowest BCUT2D eigenvalue weighted by Crippen LogP contribution is -2.42. The van der Waals surface area contributed by atoms with Gasteiger partial charge in [-0.2, -0.15) is 0 Å². The highest BCUT2D eigenvalue weighted by atomic mass is 16.2. The van der Waals surface area contributed by atoms with Gasteiger partial charge in [0.2, 0.25) is 5.91 Å². The minimum absolute atomic E-state index is 0.0355. The molecule has 1 aliphatic heterocycles. The molecule has 4 rings (SSSR count). The quantitative estimate of drug-likeness (QED) is 0.701. The van der Waals surface area contributed by atoms with Crippen LogP contribution in [0.25, 0.3) is 10.9 Å². The smallest absolute Gasteiger partial charge is 0.270 e. The Balaban J connectivity index is 1.30. The molecule has 29 heavy (non-hydrogen) atoms. The molecule has 6 nitrogen and oxygen atoms in total. The maximum absolute atomic E-state index is 12.8. The second-order valence-corrected chi connectivity index (χ2v) is 7.77. The number of aromatic nitrogens is 2. The molecule has 150 valence electrons. The van der Waals surface area contributed by atoms with E-state index in [1.54, 1.807) is 12.4 Å². The molecule has 0 radical (unpaired) electrons. The highest BCUT2D eigenvalue weighted by Crippen LogP contribution is 2.26. The average Bonchev–Trinajstić information content (AvgIpc) is 3.21. The zero-order chi connectivity index (χ0) is 20.2. The van der Waals surface area contributed by atoms with E-state index in [0.29, 0.717) is 25.3 Å². The number of hydrogen-bond donors (Lipinski definition) is 2. The summed E-state index contributed by atoms with van der Waals surface area (Å²) in [6.45, 7) is 3.84. The van der Waals surface area contributed by atoms with E-state index >= 15 is 0 Å². The molecular formula is C23H26N4O2. The van der Waals surface area contributed by atoms with E-state index in [1.807, 2.05) is 54.3 Å². The Morgan fingerprint density at radius 1 is 1.21 bits per heavy atom. The van der Waals surface area contributed by atoms with Crippen molar-refractivity contribution in [3.8, 4) is 0 Å². The number of carbonyl (C=O) groups is 2. The maximum Gasteiger partial charge on any atom is 0.270 e. The van der Waals surface area contributed by atoms with Gasteiger partial charge in [0.25, 0.3) is 5.91 Å². The third kappa shape index (κ3) is 4.31. The lowest BCUT2D eigenvalue weighted by atomic mass is 9.84. The molecule has 1 fully saturated rings. The van der Waals surface area contributed by atoms with Gasteiger partial charge >= 0.3 is 0 Å². The molecule has 0 aliphatic carbocycles. The molecule has 1 aliphatic rings. The fourth-order valence-electron chi connectivity index (χ4n) is 4.03. The summed E-state index contributed by atoms with van der Waals surface area (Å²) in [5.41, 5.74) is 2.60. The van der Waals surface area contributed by atoms with Crippen LogP contribution >= 0.6 is 0 Å². The number of nitrogens with zero attached hydrogens (tertiary/aromatic N) is 2. The molecule has 2 aromatic heterocycles. The summed E-state index contributed by atoms with van der Waals surface area (Å²) in [7, 11) is 0. The summed E-state index contributed by atoms with van der Waals surface area (Å²) >= 11 is 0. The molecule has 2 N–H and O–H groups in total. The van der Waals surface area contributed by atoms with Gasteiger partial charge in [0.1, 0.15) is 5.69 Å². The Kier molecular flexibility index (Phi) is 5.60. The van der Waals surface area contributed by atoms with Crippen molar-refractivity contribution in [1.82, 2.24) is 20.2 Å². The first-order valence-electron chi connectivity index (χ1n) is 10.2. The monoisotopic (exact) mass is 390 g/mol. The molecule has 0 spiro atoms. The predicted octanol–water partition coefficient (Wildman–Crippen LogP) is 3.37. The summed E-state index contributed by atoms with van der Waals surface area (Å²) in [5.74, 6) is 0.315. The van der Waals surface area contributed by atoms with Gasteiger partial charge in [-0.25, -0.2) is 0 Å². The Labute approximate surface area is 170 Å². The van der Waals surface area contributed by atoms with Crippen molar-refractivity contribution >= 4 is 22.7 Å². The number of benzene rings is 1. The number of fused-ring (bicyclic) bond motifs is 1. The van der Waals surface area contributed by atoms with E-state index in [1.165, 1.54) is 0 Å². The number of nitrogens with one attached hydrogen (secondary N) is 2. The largest absolute Gasteiger partial charge is 0.352 e. The predicted molar refractivity (Wildman–Crippen MR) is 112 cm³/mol. The van der Waals surface area contributed by atoms with Crippen LogP contribution in [0.5, 0.6) is 0 Å². The number of para-hydroxylation sites is 1. The standard InChI is InChI=1S/C23H26N4O2/c1-16(22(28)25-15-17-5-4-10-24-14-17)18-8-11-27(12-9-18)23(29)21-13-19-6-2-3-7-20(19)26-21/h2-7,10,13-14,16,18,26H,8-9,11-12,15H2,1H3,(H,25,28)/t16-/m1/s1. The van der Waals surface area contributed by atoms with Gasteiger partial charge in [0.15, 0.2) is 0 Å². The van der Waals surface area contributed by atoms with E-state index < -0.39 is 0 Å². The highest BCUT2D eigenvalue weighted by molar-refractivity contribution is 5.98. The molecule has 2 amide bonds. The topological polar surface area (TPSA) is 78.1 Å². The molecule has 3 heterocycles. The van der Waals surface area contributed by atoms with E-state index in [-0.39, 0.29) is 23.7 Å². The third-order valence-electron chi connectivity index (χ3n) is 5.90. The first-order chi connectivity index (χ1) is 14.1. The number of piperidine rings is 1. The van der Waals surface area contributed by atoms with Crippen molar-refractivity contribution < 1.29 is 9.59 Å². The fraction of sp³-hybridized carbons (Fsp3) is 0.348. The van der Waals surface area contributed by atoms with E-state index in [9.17, 15) is 9.59 Å². The molecular weight excluding hydrogens is 364 g/mol. The molecule has 0 saturated carbocycles. The van der Waals surface area contributed by atoms with Gasteiger partial charge in [-0.1, -0.05) is 31.2 Å². The van der Waals surface area contributed by atoms with Crippen molar-refractivity contribution in [2.24, 2.45) is 11.8 Å². The Morgan fingerprint density at radius 2 is 2.00 bits per heavy atom. The second kappa shape index (κ2) is 8.47. The van der Waals surface area contributed by atoms with Crippen LogP contribution in [0.3, 0.4) is 0 Å². The summed E-state index contributed by atoms with van der Waals surface area (Å²) in [4.78, 5) is 34.6. The van der Waals surface area contributed by atoms with Crippen molar-refractivity contribution in [2.75, 3.05) is 13.1 Å². The van der Waals surface area contributed by atoms with Gasteiger partial charge in [-0.3, -0.25) is 14.6 Å². The number of rotatable bonds is 5. The van der Waals surface area contributed by atoms with Crippen LogP contribution in [0.2, 0.25) is 0 Å². The van der Waals surface area contributed by atoms with E-state index in [2.05, 4.69) is 15.3 Å². The summed E-state index contributed by atoms with van der Waals surface area (Å²) in [6.07, 6.45) is 5.17. The van der Waals surface area contributed by atoms with Crippen LogP contribution in [0.4, 0.5) is 0 Å². The van der Waals surface area contributed by atoms with Crippen molar-refractivity contribution in [3.63, 3.8) is 0 Å². The van der Waals surface area contributed by atoms with Gasteiger partial charge in [-0.05, 0) is 42.5 Å². The minimum Gasteiger partial charge on any atom is -0.352 e. The number of amides is 2. The van der Waals surface area contributed by atoms with Crippen LogP contribution in [-0.2, 0) is 11.3 Å². The summed E-state index contributed by atoms with van der Waals surface area (Å²) in [6, 6.07) is 13.6. The van der Waals surface area contributed by atoms with Gasteiger partial charge in [-0.15, -0.1) is 0 Å². The third-order valence-corrected chi connectivity index (χ3v) is 5.90. The normalized spacial score (nSPS) is 16.0. The van der Waals surface area contributed by atoms with E-state index in [0.717, 1.165) is 29.3 Å². The SMILES string of the molecule is C[C@@H](C(=O)NCc1cccnc1)C1CCN(C(=O)c2cc3ccccc3[nH]2)CC1. The Bertz CT molecular complexity index is 957. The molecule has 0 unspecified atom stereocenters. The molecule has 3 aromatic rings. The lowest BCUT2D eigenvalue weighted by molar-refractivity contribution is -0.126. The zero-order valence-electron chi connectivity index (χ0n) is 16.6. The second-order valence-electron chi connectivity index (χ2n) is 7.77. The van der Waals surface area contributed by atoms with Gasteiger partial charge in [0.05, 0.1) is 0 Å². The number of aromatic amines is 1. The minimum atomic E-state index is -0.0722. The Hall–Kier alpha value is -3.15. The molecule has 1 saturated heterocycles. The molecule has 1 aromatic carbocycles. The average molecular weight is 390 g/mol. The van der Waals surface area contributed by atoms with Crippen LogP contribution in [0.15, 0.2) is 54.9 Å². The number of likely N-dealkylation sites (tertiary alicyclic amines) is 1. The number of pyridine rings is 1. The first-order valence-corrected chi connectivity index (χ1v) is 10.2.